The van der Waals surface area contributed by atoms with E-state index in [1.165, 1.54) is 0 Å². The highest BCUT2D eigenvalue weighted by Crippen LogP contribution is 2.32. The fourth-order valence-electron chi connectivity index (χ4n) is 3.85. The zero-order chi connectivity index (χ0) is 20.3. The fourth-order valence-corrected chi connectivity index (χ4v) is 3.85. The molecule has 1 saturated heterocycles. The van der Waals surface area contributed by atoms with Crippen LogP contribution in [0.4, 0.5) is 0 Å². The van der Waals surface area contributed by atoms with Gasteiger partial charge < -0.3 is 15.0 Å². The van der Waals surface area contributed by atoms with Crippen LogP contribution in [0.3, 0.4) is 0 Å². The van der Waals surface area contributed by atoms with Crippen molar-refractivity contribution in [2.75, 3.05) is 13.1 Å². The predicted molar refractivity (Wildman–Crippen MR) is 114 cm³/mol. The van der Waals surface area contributed by atoms with Crippen molar-refractivity contribution >= 4 is 10.9 Å². The third-order valence-electron chi connectivity index (χ3n) is 5.33. The maximum atomic E-state index is 9.40. The van der Waals surface area contributed by atoms with Gasteiger partial charge in [-0.25, -0.2) is 9.97 Å². The molecule has 4 aromatic rings. The van der Waals surface area contributed by atoms with E-state index < -0.39 is 0 Å². The van der Waals surface area contributed by atoms with Gasteiger partial charge in [0, 0.05) is 41.0 Å². The van der Waals surface area contributed by atoms with Crippen LogP contribution in [0, 0.1) is 11.3 Å². The Bertz CT molecular complexity index is 1240. The lowest BCUT2D eigenvalue weighted by Crippen LogP contribution is -2.37. The van der Waals surface area contributed by atoms with Gasteiger partial charge in [-0.15, -0.1) is 0 Å². The summed E-state index contributed by atoms with van der Waals surface area (Å²) in [6.07, 6.45) is 9.19. The summed E-state index contributed by atoms with van der Waals surface area (Å²) in [4.78, 5) is 16.5. The summed E-state index contributed by atoms with van der Waals surface area (Å²) < 4.78 is 6.04. The average molecular weight is 396 g/mol. The zero-order valence-electron chi connectivity index (χ0n) is 16.3. The van der Waals surface area contributed by atoms with Crippen LogP contribution in [0.1, 0.15) is 18.5 Å². The number of aromatic nitrogens is 4. The van der Waals surface area contributed by atoms with Crippen LogP contribution >= 0.6 is 0 Å². The molecular weight excluding hydrogens is 376 g/mol. The molecule has 3 aromatic heterocycles. The van der Waals surface area contributed by atoms with Gasteiger partial charge in [0.2, 0.25) is 5.88 Å². The Morgan fingerprint density at radius 1 is 1.17 bits per heavy atom. The molecule has 7 heteroatoms. The summed E-state index contributed by atoms with van der Waals surface area (Å²) in [5, 5.41) is 13.7. The minimum atomic E-state index is 0.118. The number of hydrogen-bond donors (Lipinski definition) is 2. The lowest BCUT2D eigenvalue weighted by Gasteiger charge is -2.23. The maximum absolute atomic E-state index is 9.40. The van der Waals surface area contributed by atoms with Gasteiger partial charge >= 0.3 is 0 Å². The minimum absolute atomic E-state index is 0.118. The number of rotatable bonds is 4. The molecule has 1 aliphatic heterocycles. The van der Waals surface area contributed by atoms with E-state index in [9.17, 15) is 5.26 Å². The first-order valence-corrected chi connectivity index (χ1v) is 9.98. The first kappa shape index (κ1) is 18.3. The van der Waals surface area contributed by atoms with E-state index in [4.69, 9.17) is 9.72 Å². The number of nitrogens with zero attached hydrogens (tertiary/aromatic N) is 4. The molecule has 148 valence electrons. The molecule has 1 unspecified atom stereocenters. The van der Waals surface area contributed by atoms with Crippen molar-refractivity contribution in [3.8, 4) is 34.3 Å². The van der Waals surface area contributed by atoms with E-state index >= 15 is 0 Å². The fraction of sp³-hybridized carbons (Fsp3) is 0.217. The summed E-state index contributed by atoms with van der Waals surface area (Å²) in [6, 6.07) is 12.0. The number of nitrogens with one attached hydrogen (secondary N) is 2. The lowest BCUT2D eigenvalue weighted by atomic mass is 10.0. The van der Waals surface area contributed by atoms with Gasteiger partial charge in [-0.1, -0.05) is 6.07 Å². The second-order valence-electron chi connectivity index (χ2n) is 7.30. The van der Waals surface area contributed by atoms with Crippen LogP contribution in [0.15, 0.2) is 55.1 Å². The highest BCUT2D eigenvalue weighted by atomic mass is 16.5. The summed E-state index contributed by atoms with van der Waals surface area (Å²) in [5.74, 6) is 0.533. The molecule has 0 spiro atoms. The Balaban J connectivity index is 1.52. The van der Waals surface area contributed by atoms with Gasteiger partial charge in [0.25, 0.3) is 0 Å². The average Bonchev–Trinajstić information content (AvgIpc) is 3.23. The van der Waals surface area contributed by atoms with Crippen molar-refractivity contribution in [2.24, 2.45) is 0 Å². The number of pyridine rings is 1. The smallest absolute Gasteiger partial charge is 0.233 e. The number of H-pyrrole nitrogens is 1. The first-order chi connectivity index (χ1) is 14.8. The van der Waals surface area contributed by atoms with Crippen LogP contribution in [-0.4, -0.2) is 39.1 Å². The maximum Gasteiger partial charge on any atom is 0.233 e. The van der Waals surface area contributed by atoms with Crippen molar-refractivity contribution in [3.63, 3.8) is 0 Å². The number of nitriles is 1. The van der Waals surface area contributed by atoms with E-state index in [0.717, 1.165) is 59.2 Å². The van der Waals surface area contributed by atoms with Gasteiger partial charge in [0.05, 0.1) is 18.1 Å². The van der Waals surface area contributed by atoms with E-state index in [0.29, 0.717) is 11.6 Å². The Morgan fingerprint density at radius 2 is 2.13 bits per heavy atom. The van der Waals surface area contributed by atoms with Crippen molar-refractivity contribution < 1.29 is 4.74 Å². The molecule has 0 aliphatic carbocycles. The molecule has 0 radical (unpaired) electrons. The minimum Gasteiger partial charge on any atom is -0.472 e. The van der Waals surface area contributed by atoms with Crippen molar-refractivity contribution in [2.45, 2.75) is 18.9 Å². The normalized spacial score (nSPS) is 16.3. The molecule has 1 aromatic carbocycles. The largest absolute Gasteiger partial charge is 0.472 e. The highest BCUT2D eigenvalue weighted by Gasteiger charge is 2.16. The molecule has 30 heavy (non-hydrogen) atoms. The van der Waals surface area contributed by atoms with Crippen molar-refractivity contribution in [3.05, 3.63) is 60.8 Å². The van der Waals surface area contributed by atoms with Crippen molar-refractivity contribution in [1.82, 2.24) is 25.3 Å². The molecule has 5 rings (SSSR count). The number of piperidine rings is 1. The highest BCUT2D eigenvalue weighted by molar-refractivity contribution is 5.97. The van der Waals surface area contributed by atoms with Crippen LogP contribution in [0.25, 0.3) is 33.3 Å². The third-order valence-corrected chi connectivity index (χ3v) is 5.33. The molecule has 0 saturated carbocycles. The van der Waals surface area contributed by atoms with E-state index in [2.05, 4.69) is 32.4 Å². The molecule has 1 atom stereocenters. The Kier molecular flexibility index (Phi) is 4.83. The third kappa shape index (κ3) is 3.49. The standard InChI is InChI=1S/C23H20N6O/c24-10-21-17(4-2-8-27-21)15-5-6-20-18(9-15)19(12-28-20)22-13-26-14-23(29-22)30-16-3-1-7-25-11-16/h2,4-6,8-9,12-14,16,25,28H,1,3,7,11H2. The van der Waals surface area contributed by atoms with Crippen LogP contribution < -0.4 is 10.1 Å². The molecule has 7 nitrogen and oxygen atoms in total. The van der Waals surface area contributed by atoms with Gasteiger partial charge in [-0.05, 0) is 49.2 Å². The lowest BCUT2D eigenvalue weighted by molar-refractivity contribution is 0.160. The summed E-state index contributed by atoms with van der Waals surface area (Å²) in [7, 11) is 0. The van der Waals surface area contributed by atoms with Gasteiger partial charge in [-0.3, -0.25) is 4.98 Å². The van der Waals surface area contributed by atoms with E-state index in [1.807, 2.05) is 30.5 Å². The summed E-state index contributed by atoms with van der Waals surface area (Å²) in [6.45, 7) is 1.86. The van der Waals surface area contributed by atoms with Gasteiger partial charge in [0.1, 0.15) is 17.9 Å². The van der Waals surface area contributed by atoms with E-state index in [-0.39, 0.29) is 6.10 Å². The number of aromatic amines is 1. The molecule has 0 amide bonds. The molecule has 2 N–H and O–H groups in total. The number of fused-ring (bicyclic) bond motifs is 1. The van der Waals surface area contributed by atoms with Gasteiger partial charge in [0.15, 0.2) is 0 Å². The topological polar surface area (TPSA) is 99.5 Å². The molecule has 4 heterocycles. The Hall–Kier alpha value is -3.76. The number of ether oxygens (including phenoxy) is 1. The summed E-state index contributed by atoms with van der Waals surface area (Å²) in [5.41, 5.74) is 4.81. The number of hydrogen-bond acceptors (Lipinski definition) is 6. The molecule has 1 aliphatic rings. The summed E-state index contributed by atoms with van der Waals surface area (Å²) >= 11 is 0. The SMILES string of the molecule is N#Cc1ncccc1-c1ccc2[nH]cc(-c3cncc(OC4CCCNC4)n3)c2c1. The van der Waals surface area contributed by atoms with E-state index in [1.54, 1.807) is 18.6 Å². The zero-order valence-corrected chi connectivity index (χ0v) is 16.3. The van der Waals surface area contributed by atoms with Gasteiger partial charge in [-0.2, -0.15) is 5.26 Å². The van der Waals surface area contributed by atoms with Crippen LogP contribution in [-0.2, 0) is 0 Å². The quantitative estimate of drug-likeness (QED) is 0.546. The second-order valence-corrected chi connectivity index (χ2v) is 7.30. The molecule has 1 fully saturated rings. The number of benzene rings is 1. The first-order valence-electron chi connectivity index (χ1n) is 9.98. The molecule has 0 bridgehead atoms. The van der Waals surface area contributed by atoms with Crippen LogP contribution in [0.5, 0.6) is 5.88 Å². The molecular formula is C23H20N6O. The monoisotopic (exact) mass is 396 g/mol. The predicted octanol–water partition coefficient (Wildman–Crippen LogP) is 3.69. The van der Waals surface area contributed by atoms with Crippen LogP contribution in [0.2, 0.25) is 0 Å². The van der Waals surface area contributed by atoms with Crippen molar-refractivity contribution in [1.29, 1.82) is 5.26 Å². The Morgan fingerprint density at radius 3 is 3.00 bits per heavy atom. The Labute approximate surface area is 173 Å². The second kappa shape index (κ2) is 7.93.